The molecule has 0 heterocycles. The molecule has 0 aromatic heterocycles. The maximum Gasteiger partial charge on any atom is 0.326 e. The van der Waals surface area contributed by atoms with E-state index in [2.05, 4.69) is 5.32 Å². The van der Waals surface area contributed by atoms with Crippen LogP contribution in [0.5, 0.6) is 0 Å². The number of nitriles is 1. The number of anilines is 1. The monoisotopic (exact) mass is 234 g/mol. The predicted molar refractivity (Wildman–Crippen MR) is 58.9 cm³/mol. The van der Waals surface area contributed by atoms with Gasteiger partial charge in [0.25, 0.3) is 0 Å². The van der Waals surface area contributed by atoms with Gasteiger partial charge in [0.15, 0.2) is 0 Å². The molecular weight excluding hydrogens is 223 g/mol. The summed E-state index contributed by atoms with van der Waals surface area (Å²) in [5, 5.41) is 20.7. The molecule has 5 heteroatoms. The number of nitrogens with one attached hydrogen (secondary N) is 1. The largest absolute Gasteiger partial charge is 0.480 e. The van der Waals surface area contributed by atoms with Gasteiger partial charge in [-0.1, -0.05) is 0 Å². The molecule has 1 aliphatic rings. The molecule has 0 saturated heterocycles. The Kier molecular flexibility index (Phi) is 2.96. The standard InChI is InChI=1S/C12H11FN2O2/c13-9-3-4-10(8(5-9)6-14)15-11(12(16)17)7-1-2-7/h3-5,7,11,15H,1-2H2,(H,16,17). The quantitative estimate of drug-likeness (QED) is 0.835. The number of hydrogen-bond donors (Lipinski definition) is 2. The fraction of sp³-hybridized carbons (Fsp3) is 0.333. The van der Waals surface area contributed by atoms with Crippen molar-refractivity contribution >= 4 is 11.7 Å². The van der Waals surface area contributed by atoms with E-state index in [1.165, 1.54) is 12.1 Å². The van der Waals surface area contributed by atoms with Gasteiger partial charge in [0, 0.05) is 0 Å². The van der Waals surface area contributed by atoms with Crippen molar-refractivity contribution in [2.45, 2.75) is 18.9 Å². The molecule has 1 fully saturated rings. The van der Waals surface area contributed by atoms with E-state index in [4.69, 9.17) is 10.4 Å². The molecule has 2 rings (SSSR count). The fourth-order valence-corrected chi connectivity index (χ4v) is 1.71. The zero-order valence-electron chi connectivity index (χ0n) is 8.98. The lowest BCUT2D eigenvalue weighted by atomic mass is 10.1. The van der Waals surface area contributed by atoms with Crippen LogP contribution in [0.2, 0.25) is 0 Å². The van der Waals surface area contributed by atoms with Crippen molar-refractivity contribution in [3.63, 3.8) is 0 Å². The highest BCUT2D eigenvalue weighted by Crippen LogP contribution is 2.34. The van der Waals surface area contributed by atoms with Gasteiger partial charge in [-0.15, -0.1) is 0 Å². The maximum atomic E-state index is 12.9. The van der Waals surface area contributed by atoms with Gasteiger partial charge in [0.1, 0.15) is 17.9 Å². The number of carboxylic acids is 1. The molecule has 1 unspecified atom stereocenters. The van der Waals surface area contributed by atoms with Crippen LogP contribution in [-0.4, -0.2) is 17.1 Å². The summed E-state index contributed by atoms with van der Waals surface area (Å²) in [6, 6.07) is 4.83. The van der Waals surface area contributed by atoms with Crippen molar-refractivity contribution in [2.24, 2.45) is 5.92 Å². The SMILES string of the molecule is N#Cc1cc(F)ccc1NC(C(=O)O)C1CC1. The lowest BCUT2D eigenvalue weighted by Crippen LogP contribution is -2.31. The Balaban J connectivity index is 2.22. The van der Waals surface area contributed by atoms with Gasteiger partial charge in [-0.05, 0) is 37.0 Å². The topological polar surface area (TPSA) is 73.1 Å². The Morgan fingerprint density at radius 3 is 2.82 bits per heavy atom. The second kappa shape index (κ2) is 4.42. The van der Waals surface area contributed by atoms with Crippen LogP contribution in [0.3, 0.4) is 0 Å². The molecular formula is C12H11FN2O2. The second-order valence-electron chi connectivity index (χ2n) is 4.10. The molecule has 2 N–H and O–H groups in total. The average Bonchev–Trinajstić information content (AvgIpc) is 3.10. The number of hydrogen-bond acceptors (Lipinski definition) is 3. The molecule has 0 aliphatic heterocycles. The summed E-state index contributed by atoms with van der Waals surface area (Å²) in [7, 11) is 0. The Hall–Kier alpha value is -2.09. The van der Waals surface area contributed by atoms with Crippen LogP contribution in [0.4, 0.5) is 10.1 Å². The summed E-state index contributed by atoms with van der Waals surface area (Å²) in [5.74, 6) is -1.35. The molecule has 88 valence electrons. The molecule has 1 aliphatic carbocycles. The van der Waals surface area contributed by atoms with Crippen molar-refractivity contribution in [1.82, 2.24) is 0 Å². The Bertz CT molecular complexity index is 492. The number of benzene rings is 1. The van der Waals surface area contributed by atoms with Crippen molar-refractivity contribution in [3.05, 3.63) is 29.6 Å². The summed E-state index contributed by atoms with van der Waals surface area (Å²) in [6.07, 6.45) is 1.74. The Morgan fingerprint density at radius 2 is 2.29 bits per heavy atom. The highest BCUT2D eigenvalue weighted by molar-refractivity contribution is 5.79. The van der Waals surface area contributed by atoms with Crippen molar-refractivity contribution in [2.75, 3.05) is 5.32 Å². The number of nitrogens with zero attached hydrogens (tertiary/aromatic N) is 1. The van der Waals surface area contributed by atoms with Crippen LogP contribution >= 0.6 is 0 Å². The van der Waals surface area contributed by atoms with Crippen LogP contribution in [0.1, 0.15) is 18.4 Å². The third kappa shape index (κ3) is 2.53. The maximum absolute atomic E-state index is 12.9. The van der Waals surface area contributed by atoms with Gasteiger partial charge >= 0.3 is 5.97 Å². The molecule has 0 radical (unpaired) electrons. The molecule has 0 spiro atoms. The highest BCUT2D eigenvalue weighted by atomic mass is 19.1. The van der Waals surface area contributed by atoms with Crippen LogP contribution in [0, 0.1) is 23.1 Å². The molecule has 0 amide bonds. The first-order chi connectivity index (χ1) is 8.11. The first-order valence-corrected chi connectivity index (χ1v) is 5.31. The minimum absolute atomic E-state index is 0.101. The molecule has 1 aromatic carbocycles. The number of rotatable bonds is 4. The Morgan fingerprint density at radius 1 is 1.59 bits per heavy atom. The predicted octanol–water partition coefficient (Wildman–Crippen LogP) is 1.97. The summed E-state index contributed by atoms with van der Waals surface area (Å²) >= 11 is 0. The molecule has 1 saturated carbocycles. The van der Waals surface area contributed by atoms with Gasteiger partial charge in [-0.25, -0.2) is 9.18 Å². The number of halogens is 1. The number of carbonyl (C=O) groups is 1. The minimum atomic E-state index is -0.944. The fourth-order valence-electron chi connectivity index (χ4n) is 1.71. The van der Waals surface area contributed by atoms with E-state index in [0.29, 0.717) is 5.69 Å². The third-order valence-corrected chi connectivity index (χ3v) is 2.77. The Labute approximate surface area is 97.7 Å². The second-order valence-corrected chi connectivity index (χ2v) is 4.10. The van der Waals surface area contributed by atoms with E-state index in [1.807, 2.05) is 6.07 Å². The minimum Gasteiger partial charge on any atom is -0.480 e. The molecule has 1 atom stereocenters. The van der Waals surface area contributed by atoms with Gasteiger partial charge in [0.2, 0.25) is 0 Å². The molecule has 1 aromatic rings. The van der Waals surface area contributed by atoms with E-state index < -0.39 is 17.8 Å². The van der Waals surface area contributed by atoms with Gasteiger partial charge in [0.05, 0.1) is 11.3 Å². The van der Waals surface area contributed by atoms with Gasteiger partial charge in [-0.2, -0.15) is 5.26 Å². The van der Waals surface area contributed by atoms with E-state index in [1.54, 1.807) is 0 Å². The summed E-state index contributed by atoms with van der Waals surface area (Å²) in [5.41, 5.74) is 0.491. The zero-order chi connectivity index (χ0) is 12.4. The van der Waals surface area contributed by atoms with Gasteiger partial charge < -0.3 is 10.4 Å². The van der Waals surface area contributed by atoms with Crippen LogP contribution in [-0.2, 0) is 4.79 Å². The first-order valence-electron chi connectivity index (χ1n) is 5.31. The average molecular weight is 234 g/mol. The van der Waals surface area contributed by atoms with E-state index in [0.717, 1.165) is 18.9 Å². The summed E-state index contributed by atoms with van der Waals surface area (Å²) in [6.45, 7) is 0. The molecule has 17 heavy (non-hydrogen) atoms. The van der Waals surface area contributed by atoms with Crippen molar-refractivity contribution in [3.8, 4) is 6.07 Å². The van der Waals surface area contributed by atoms with Crippen molar-refractivity contribution < 1.29 is 14.3 Å². The van der Waals surface area contributed by atoms with E-state index >= 15 is 0 Å². The zero-order valence-corrected chi connectivity index (χ0v) is 8.98. The third-order valence-electron chi connectivity index (χ3n) is 2.77. The number of carboxylic acid groups (broad SMARTS) is 1. The molecule has 0 bridgehead atoms. The lowest BCUT2D eigenvalue weighted by molar-refractivity contribution is -0.138. The first kappa shape index (κ1) is 11.4. The highest BCUT2D eigenvalue weighted by Gasteiger charge is 2.36. The van der Waals surface area contributed by atoms with Crippen LogP contribution in [0.15, 0.2) is 18.2 Å². The lowest BCUT2D eigenvalue weighted by Gasteiger charge is -2.15. The summed E-state index contributed by atoms with van der Waals surface area (Å²) < 4.78 is 12.9. The molecule has 4 nitrogen and oxygen atoms in total. The van der Waals surface area contributed by atoms with E-state index in [9.17, 15) is 9.18 Å². The summed E-state index contributed by atoms with van der Waals surface area (Å²) in [4.78, 5) is 11.0. The number of aliphatic carboxylic acids is 1. The van der Waals surface area contributed by atoms with Crippen molar-refractivity contribution in [1.29, 1.82) is 5.26 Å². The van der Waals surface area contributed by atoms with Crippen LogP contribution < -0.4 is 5.32 Å². The van der Waals surface area contributed by atoms with Gasteiger partial charge in [-0.3, -0.25) is 0 Å². The normalized spacial score (nSPS) is 16.0. The smallest absolute Gasteiger partial charge is 0.326 e. The van der Waals surface area contributed by atoms with Crippen LogP contribution in [0.25, 0.3) is 0 Å². The van der Waals surface area contributed by atoms with E-state index in [-0.39, 0.29) is 11.5 Å².